The lowest BCUT2D eigenvalue weighted by Crippen LogP contribution is -2.71. The van der Waals surface area contributed by atoms with Crippen LogP contribution in [0.2, 0.25) is 0 Å². The van der Waals surface area contributed by atoms with Crippen LogP contribution < -0.4 is 16.8 Å². The van der Waals surface area contributed by atoms with Crippen molar-refractivity contribution in [3.8, 4) is 0 Å². The lowest BCUT2D eigenvalue weighted by atomic mass is 10.0. The van der Waals surface area contributed by atoms with E-state index in [0.29, 0.717) is 27.8 Å². The van der Waals surface area contributed by atoms with E-state index in [1.165, 1.54) is 45.4 Å². The molecular weight excluding hydrogens is 556 g/mol. The van der Waals surface area contributed by atoms with E-state index in [2.05, 4.69) is 30.5 Å². The summed E-state index contributed by atoms with van der Waals surface area (Å²) in [6.45, 7) is 1.80. The molecule has 3 aromatic rings. The lowest BCUT2D eigenvalue weighted by Gasteiger charge is -2.49. The van der Waals surface area contributed by atoms with Crippen molar-refractivity contribution >= 4 is 75.2 Å². The topological polar surface area (TPSA) is 216 Å². The summed E-state index contributed by atoms with van der Waals surface area (Å²) in [7, 11) is 1.27. The predicted molar refractivity (Wildman–Crippen MR) is 140 cm³/mol. The van der Waals surface area contributed by atoms with E-state index < -0.39 is 29.2 Å². The van der Waals surface area contributed by atoms with Crippen molar-refractivity contribution in [2.24, 2.45) is 5.16 Å². The first-order valence-corrected chi connectivity index (χ1v) is 13.8. The number of thiazole rings is 1. The second kappa shape index (κ2) is 10.1. The fourth-order valence-electron chi connectivity index (χ4n) is 3.93. The number of aryl methyl sites for hydroxylation is 1. The molecule has 1 fully saturated rings. The number of amides is 2. The van der Waals surface area contributed by atoms with E-state index in [9.17, 15) is 19.5 Å². The number of β-lactam (4-membered cyclic amide) rings is 1. The van der Waals surface area contributed by atoms with Gasteiger partial charge in [0.2, 0.25) is 5.95 Å². The second-order valence-electron chi connectivity index (χ2n) is 8.02. The second-order valence-corrected chi connectivity index (χ2v) is 11.0. The number of carbonyl (C=O) groups excluding carboxylic acids is 2. The van der Waals surface area contributed by atoms with Crippen molar-refractivity contribution in [3.05, 3.63) is 34.1 Å². The van der Waals surface area contributed by atoms with E-state index in [0.717, 1.165) is 11.3 Å². The van der Waals surface area contributed by atoms with Gasteiger partial charge in [-0.3, -0.25) is 14.5 Å². The summed E-state index contributed by atoms with van der Waals surface area (Å²) in [5.41, 5.74) is 12.6. The highest BCUT2D eigenvalue weighted by molar-refractivity contribution is 8.01. The third kappa shape index (κ3) is 4.61. The zero-order valence-electron chi connectivity index (χ0n) is 19.8. The van der Waals surface area contributed by atoms with E-state index in [1.54, 1.807) is 13.0 Å². The van der Waals surface area contributed by atoms with Gasteiger partial charge in [0.25, 0.3) is 17.6 Å². The van der Waals surface area contributed by atoms with Crippen LogP contribution in [0.5, 0.6) is 0 Å². The van der Waals surface area contributed by atoms with Gasteiger partial charge >= 0.3 is 5.97 Å². The zero-order valence-corrected chi connectivity index (χ0v) is 22.3. The Morgan fingerprint density at radius 2 is 2.13 bits per heavy atom. The van der Waals surface area contributed by atoms with Crippen LogP contribution in [0.3, 0.4) is 0 Å². The molecule has 198 valence electrons. The lowest BCUT2D eigenvalue weighted by molar-refractivity contribution is -0.150. The van der Waals surface area contributed by atoms with Gasteiger partial charge in [0, 0.05) is 22.6 Å². The van der Waals surface area contributed by atoms with Gasteiger partial charge in [-0.1, -0.05) is 5.16 Å². The number of aliphatic carboxylic acids is 1. The highest BCUT2D eigenvalue weighted by Gasteiger charge is 2.54. The number of nitrogens with two attached hydrogens (primary N) is 2. The quantitative estimate of drug-likeness (QED) is 0.0909. The number of thioether (sulfide) groups is 2. The number of anilines is 2. The number of rotatable bonds is 8. The number of oxime groups is 1. The van der Waals surface area contributed by atoms with Crippen LogP contribution in [-0.2, 0) is 19.2 Å². The molecule has 2 atom stereocenters. The number of hydrogen-bond acceptors (Lipinski definition) is 14. The molecule has 0 aliphatic carbocycles. The first-order chi connectivity index (χ1) is 18.2. The summed E-state index contributed by atoms with van der Waals surface area (Å²) in [5.74, 6) is -1.45. The number of aromatic nitrogens is 5. The summed E-state index contributed by atoms with van der Waals surface area (Å²) in [6, 6.07) is 0.843. The molecule has 2 aliphatic rings. The van der Waals surface area contributed by atoms with E-state index in [4.69, 9.17) is 16.3 Å². The van der Waals surface area contributed by atoms with Gasteiger partial charge in [-0.05, 0) is 18.6 Å². The van der Waals surface area contributed by atoms with Crippen molar-refractivity contribution < 1.29 is 24.3 Å². The highest BCUT2D eigenvalue weighted by Crippen LogP contribution is 2.41. The average molecular weight is 577 g/mol. The predicted octanol–water partition coefficient (Wildman–Crippen LogP) is -0.0650. The molecular formula is C20H20N10O5S3. The van der Waals surface area contributed by atoms with Crippen molar-refractivity contribution in [3.63, 3.8) is 0 Å². The fraction of sp³-hybridized carbons (Fsp3) is 0.300. The summed E-state index contributed by atoms with van der Waals surface area (Å²) >= 11 is 3.80. The molecule has 0 aromatic carbocycles. The van der Waals surface area contributed by atoms with Crippen LogP contribution in [0.1, 0.15) is 11.4 Å². The number of carbonyl (C=O) groups is 3. The Kier molecular flexibility index (Phi) is 6.84. The molecule has 0 radical (unpaired) electrons. The molecule has 2 aliphatic heterocycles. The smallest absolute Gasteiger partial charge is 0.352 e. The van der Waals surface area contributed by atoms with Crippen LogP contribution in [0, 0.1) is 6.92 Å². The van der Waals surface area contributed by atoms with E-state index in [1.807, 2.05) is 0 Å². The van der Waals surface area contributed by atoms with Gasteiger partial charge < -0.3 is 26.7 Å². The Balaban J connectivity index is 1.34. The number of carboxylic acid groups (broad SMARTS) is 1. The molecule has 0 saturated carbocycles. The summed E-state index contributed by atoms with van der Waals surface area (Å²) < 4.78 is 1.49. The summed E-state index contributed by atoms with van der Waals surface area (Å²) in [4.78, 5) is 56.5. The molecule has 2 unspecified atom stereocenters. The number of nitrogens with zero attached hydrogens (tertiary/aromatic N) is 7. The van der Waals surface area contributed by atoms with Gasteiger partial charge in [-0.15, -0.1) is 40.0 Å². The maximum atomic E-state index is 13.1. The third-order valence-corrected chi connectivity index (χ3v) is 8.61. The van der Waals surface area contributed by atoms with Crippen molar-refractivity contribution in [2.45, 2.75) is 23.4 Å². The Morgan fingerprint density at radius 3 is 2.82 bits per heavy atom. The summed E-state index contributed by atoms with van der Waals surface area (Å²) in [5, 5.41) is 22.3. The number of carboxylic acids is 1. The molecule has 1 saturated heterocycles. The molecule has 6 N–H and O–H groups in total. The van der Waals surface area contributed by atoms with Crippen LogP contribution in [0.15, 0.2) is 32.9 Å². The number of nitrogen functional groups attached to an aromatic ring is 2. The average Bonchev–Trinajstić information content (AvgIpc) is 3.47. The molecule has 2 amide bonds. The standard InChI is InChI=1S/C20H20N10O5S3/c1-7-3-10(30-20(23-7)26-18(21)27-30)36-4-8-5-37-16-12(15(32)29(16)13(8)17(33)34)25-14(31)11(28-35-2)9-6-38-19(22)24-9/h3,6,12,16H,4-5H2,1-2H3,(H2,21,27)(H2,22,24)(H,25,31)(H,33,34). The molecule has 3 aromatic heterocycles. The number of nitrogens with one attached hydrogen (secondary N) is 1. The van der Waals surface area contributed by atoms with E-state index >= 15 is 0 Å². The van der Waals surface area contributed by atoms with Gasteiger partial charge in [-0.2, -0.15) is 9.50 Å². The van der Waals surface area contributed by atoms with Crippen LogP contribution in [0.4, 0.5) is 11.1 Å². The van der Waals surface area contributed by atoms with Crippen LogP contribution in [-0.4, -0.2) is 88.1 Å². The Bertz CT molecular complexity index is 1530. The maximum Gasteiger partial charge on any atom is 0.352 e. The minimum atomic E-state index is -1.23. The highest BCUT2D eigenvalue weighted by atomic mass is 32.2. The number of hydrogen-bond donors (Lipinski definition) is 4. The molecule has 0 bridgehead atoms. The largest absolute Gasteiger partial charge is 0.477 e. The first-order valence-electron chi connectivity index (χ1n) is 10.8. The minimum absolute atomic E-state index is 0.0719. The van der Waals surface area contributed by atoms with Crippen molar-refractivity contribution in [1.82, 2.24) is 34.8 Å². The molecule has 38 heavy (non-hydrogen) atoms. The van der Waals surface area contributed by atoms with Crippen molar-refractivity contribution in [1.29, 1.82) is 0 Å². The summed E-state index contributed by atoms with van der Waals surface area (Å²) in [6.07, 6.45) is 0. The molecule has 15 nitrogen and oxygen atoms in total. The Morgan fingerprint density at radius 1 is 1.34 bits per heavy atom. The molecule has 18 heteroatoms. The molecule has 5 rings (SSSR count). The van der Waals surface area contributed by atoms with Crippen LogP contribution in [0.25, 0.3) is 5.78 Å². The van der Waals surface area contributed by atoms with Gasteiger partial charge in [0.1, 0.15) is 34.9 Å². The minimum Gasteiger partial charge on any atom is -0.477 e. The Hall–Kier alpha value is -3.90. The first kappa shape index (κ1) is 25.7. The fourth-order valence-corrected chi connectivity index (χ4v) is 7.01. The van der Waals surface area contributed by atoms with Gasteiger partial charge in [-0.25, -0.2) is 14.8 Å². The molecule has 0 spiro atoms. The number of fused-ring (bicyclic) bond motifs is 2. The monoisotopic (exact) mass is 576 g/mol. The molecule has 5 heterocycles. The maximum absolute atomic E-state index is 13.1. The normalized spacial score (nSPS) is 19.4. The van der Waals surface area contributed by atoms with E-state index in [-0.39, 0.29) is 33.9 Å². The van der Waals surface area contributed by atoms with Gasteiger partial charge in [0.05, 0.1) is 0 Å². The van der Waals surface area contributed by atoms with Crippen molar-refractivity contribution in [2.75, 3.05) is 30.1 Å². The third-order valence-electron chi connectivity index (χ3n) is 5.52. The zero-order chi connectivity index (χ0) is 27.1. The van der Waals surface area contributed by atoms with Crippen LogP contribution >= 0.6 is 34.9 Å². The van der Waals surface area contributed by atoms with Gasteiger partial charge in [0.15, 0.2) is 10.8 Å². The Labute approximate surface area is 226 Å². The SMILES string of the molecule is CON=C(C(=O)NC1C(=O)N2C(C(=O)O)=C(CSc3cc(C)nc4nc(N)nn34)CSC12)c1csc(N)n1.